The Labute approximate surface area is 135 Å². The summed E-state index contributed by atoms with van der Waals surface area (Å²) in [7, 11) is 0. The van der Waals surface area contributed by atoms with Crippen LogP contribution in [0.1, 0.15) is 12.5 Å². The Morgan fingerprint density at radius 3 is 2.91 bits per heavy atom. The number of thioether (sulfide) groups is 1. The molecule has 22 heavy (non-hydrogen) atoms. The molecule has 1 fully saturated rings. The lowest BCUT2D eigenvalue weighted by atomic mass is 10.2. The standard InChI is InChI=1S/C14H11NO5S2/c1-7(13(17)18)15-12(16)11(22-14(15)21)5-8-2-3-9-10(4-8)20-6-19-9/h2-5,7H,6H2,1H3,(H,17,18)/b11-5+/t7-/m1/s1. The number of benzene rings is 1. The number of carbonyl (C=O) groups is 2. The predicted molar refractivity (Wildman–Crippen MR) is 84.7 cm³/mol. The van der Waals surface area contributed by atoms with E-state index >= 15 is 0 Å². The van der Waals surface area contributed by atoms with E-state index in [9.17, 15) is 9.59 Å². The zero-order chi connectivity index (χ0) is 15.9. The Hall–Kier alpha value is -2.06. The molecule has 0 aliphatic carbocycles. The van der Waals surface area contributed by atoms with Gasteiger partial charge in [0.2, 0.25) is 6.79 Å². The highest BCUT2D eigenvalue weighted by molar-refractivity contribution is 8.26. The molecular weight excluding hydrogens is 326 g/mol. The summed E-state index contributed by atoms with van der Waals surface area (Å²) in [6.45, 7) is 1.60. The van der Waals surface area contributed by atoms with Gasteiger partial charge >= 0.3 is 5.97 Å². The van der Waals surface area contributed by atoms with Crippen LogP contribution < -0.4 is 9.47 Å². The first-order valence-electron chi connectivity index (χ1n) is 6.37. The zero-order valence-electron chi connectivity index (χ0n) is 11.4. The molecule has 1 aromatic carbocycles. The van der Waals surface area contributed by atoms with Gasteiger partial charge in [-0.15, -0.1) is 0 Å². The van der Waals surface area contributed by atoms with E-state index in [4.69, 9.17) is 26.8 Å². The van der Waals surface area contributed by atoms with Crippen LogP contribution in [-0.2, 0) is 9.59 Å². The van der Waals surface area contributed by atoms with Crippen molar-refractivity contribution >= 4 is 46.3 Å². The van der Waals surface area contributed by atoms with Gasteiger partial charge in [0.25, 0.3) is 5.91 Å². The van der Waals surface area contributed by atoms with Crippen LogP contribution in [0.4, 0.5) is 0 Å². The summed E-state index contributed by atoms with van der Waals surface area (Å²) in [6.07, 6.45) is 1.66. The topological polar surface area (TPSA) is 76.1 Å². The minimum atomic E-state index is -1.10. The van der Waals surface area contributed by atoms with E-state index in [1.807, 2.05) is 0 Å². The third-order valence-electron chi connectivity index (χ3n) is 3.26. The highest BCUT2D eigenvalue weighted by Crippen LogP contribution is 2.37. The van der Waals surface area contributed by atoms with Crippen LogP contribution in [0, 0.1) is 0 Å². The Kier molecular flexibility index (Phi) is 3.79. The van der Waals surface area contributed by atoms with Gasteiger partial charge in [0, 0.05) is 0 Å². The summed E-state index contributed by atoms with van der Waals surface area (Å²) >= 11 is 6.19. The van der Waals surface area contributed by atoms with Gasteiger partial charge in [0.05, 0.1) is 4.91 Å². The van der Waals surface area contributed by atoms with E-state index in [0.29, 0.717) is 16.4 Å². The number of hydrogen-bond acceptors (Lipinski definition) is 6. The SMILES string of the molecule is C[C@H](C(=O)O)N1C(=O)/C(=C\c2ccc3c(c2)OCO3)SC1=S. The second-order valence-electron chi connectivity index (χ2n) is 4.68. The van der Waals surface area contributed by atoms with Crippen LogP contribution in [-0.4, -0.2) is 39.0 Å². The largest absolute Gasteiger partial charge is 0.480 e. The molecular formula is C14H11NO5S2. The number of ether oxygens (including phenoxy) is 2. The molecule has 1 saturated heterocycles. The molecule has 0 aromatic heterocycles. The maximum atomic E-state index is 12.3. The highest BCUT2D eigenvalue weighted by Gasteiger charge is 2.38. The lowest BCUT2D eigenvalue weighted by Gasteiger charge is -2.18. The average molecular weight is 337 g/mol. The van der Waals surface area contributed by atoms with E-state index < -0.39 is 17.9 Å². The minimum absolute atomic E-state index is 0.178. The van der Waals surface area contributed by atoms with Crippen LogP contribution in [0.3, 0.4) is 0 Å². The number of rotatable bonds is 3. The van der Waals surface area contributed by atoms with Crippen molar-refractivity contribution in [1.29, 1.82) is 0 Å². The van der Waals surface area contributed by atoms with Gasteiger partial charge < -0.3 is 14.6 Å². The van der Waals surface area contributed by atoms with E-state index in [2.05, 4.69) is 0 Å². The smallest absolute Gasteiger partial charge is 0.326 e. The molecule has 2 aliphatic heterocycles. The van der Waals surface area contributed by atoms with Crippen molar-refractivity contribution in [3.05, 3.63) is 28.7 Å². The maximum Gasteiger partial charge on any atom is 0.326 e. The van der Waals surface area contributed by atoms with Gasteiger partial charge in [-0.05, 0) is 30.7 Å². The molecule has 3 rings (SSSR count). The van der Waals surface area contributed by atoms with E-state index in [0.717, 1.165) is 22.2 Å². The molecule has 114 valence electrons. The summed E-state index contributed by atoms with van der Waals surface area (Å²) in [5.41, 5.74) is 0.757. The van der Waals surface area contributed by atoms with Crippen LogP contribution >= 0.6 is 24.0 Å². The summed E-state index contributed by atoms with van der Waals surface area (Å²) < 4.78 is 10.8. The van der Waals surface area contributed by atoms with Gasteiger partial charge in [0.15, 0.2) is 11.5 Å². The van der Waals surface area contributed by atoms with Gasteiger partial charge in [-0.2, -0.15) is 0 Å². The third-order valence-corrected chi connectivity index (χ3v) is 4.59. The second kappa shape index (κ2) is 5.62. The zero-order valence-corrected chi connectivity index (χ0v) is 13.1. The van der Waals surface area contributed by atoms with Crippen LogP contribution in [0.5, 0.6) is 11.5 Å². The maximum absolute atomic E-state index is 12.3. The molecule has 1 amide bonds. The first-order valence-corrected chi connectivity index (χ1v) is 7.59. The van der Waals surface area contributed by atoms with Crippen molar-refractivity contribution in [3.8, 4) is 11.5 Å². The fourth-order valence-corrected chi connectivity index (χ4v) is 3.50. The molecule has 1 N–H and O–H groups in total. The summed E-state index contributed by atoms with van der Waals surface area (Å²) in [5.74, 6) is -0.226. The number of carboxylic acid groups (broad SMARTS) is 1. The molecule has 0 bridgehead atoms. The van der Waals surface area contributed by atoms with E-state index in [1.54, 1.807) is 24.3 Å². The van der Waals surface area contributed by atoms with Gasteiger partial charge in [-0.1, -0.05) is 30.0 Å². The molecule has 0 unspecified atom stereocenters. The van der Waals surface area contributed by atoms with Gasteiger partial charge in [0.1, 0.15) is 10.4 Å². The molecule has 0 saturated carbocycles. The molecule has 2 heterocycles. The molecule has 8 heteroatoms. The lowest BCUT2D eigenvalue weighted by Crippen LogP contribution is -2.41. The van der Waals surface area contributed by atoms with Crippen molar-refractivity contribution < 1.29 is 24.2 Å². The van der Waals surface area contributed by atoms with Crippen molar-refractivity contribution in [3.63, 3.8) is 0 Å². The Bertz CT molecular complexity index is 715. The first kappa shape index (κ1) is 14.9. The molecule has 1 aromatic rings. The predicted octanol–water partition coefficient (Wildman–Crippen LogP) is 2.09. The molecule has 6 nitrogen and oxygen atoms in total. The van der Waals surface area contributed by atoms with Gasteiger partial charge in [-0.25, -0.2) is 4.79 Å². The van der Waals surface area contributed by atoms with Gasteiger partial charge in [-0.3, -0.25) is 9.69 Å². The van der Waals surface area contributed by atoms with Crippen molar-refractivity contribution in [2.24, 2.45) is 0 Å². The average Bonchev–Trinajstić information content (AvgIpc) is 3.03. The molecule has 0 spiro atoms. The van der Waals surface area contributed by atoms with Crippen LogP contribution in [0.25, 0.3) is 6.08 Å². The Morgan fingerprint density at radius 1 is 1.45 bits per heavy atom. The highest BCUT2D eigenvalue weighted by atomic mass is 32.2. The van der Waals surface area contributed by atoms with Crippen LogP contribution in [0.15, 0.2) is 23.1 Å². The van der Waals surface area contributed by atoms with E-state index in [-0.39, 0.29) is 11.1 Å². The number of aliphatic carboxylic acids is 1. The monoisotopic (exact) mass is 337 g/mol. The molecule has 1 atom stereocenters. The summed E-state index contributed by atoms with van der Waals surface area (Å²) in [5, 5.41) is 9.05. The van der Waals surface area contributed by atoms with Crippen molar-refractivity contribution in [2.75, 3.05) is 6.79 Å². The van der Waals surface area contributed by atoms with Crippen molar-refractivity contribution in [2.45, 2.75) is 13.0 Å². The fraction of sp³-hybridized carbons (Fsp3) is 0.214. The number of hydrogen-bond donors (Lipinski definition) is 1. The number of carbonyl (C=O) groups excluding carboxylic acids is 1. The fourth-order valence-electron chi connectivity index (χ4n) is 2.08. The summed E-state index contributed by atoms with van der Waals surface area (Å²) in [4.78, 5) is 24.9. The minimum Gasteiger partial charge on any atom is -0.480 e. The quantitative estimate of drug-likeness (QED) is 0.668. The third kappa shape index (κ3) is 2.55. The number of carboxylic acids is 1. The molecule has 2 aliphatic rings. The molecule has 0 radical (unpaired) electrons. The Morgan fingerprint density at radius 2 is 2.18 bits per heavy atom. The number of nitrogens with zero attached hydrogens (tertiary/aromatic N) is 1. The van der Waals surface area contributed by atoms with Crippen molar-refractivity contribution in [1.82, 2.24) is 4.90 Å². The lowest BCUT2D eigenvalue weighted by molar-refractivity contribution is -0.144. The Balaban J connectivity index is 1.88. The van der Waals surface area contributed by atoms with Crippen LogP contribution in [0.2, 0.25) is 0 Å². The number of amides is 1. The van der Waals surface area contributed by atoms with E-state index in [1.165, 1.54) is 6.92 Å². The summed E-state index contributed by atoms with van der Waals surface area (Å²) in [6, 6.07) is 4.32. The number of fused-ring (bicyclic) bond motifs is 1. The second-order valence-corrected chi connectivity index (χ2v) is 6.35. The normalized spacial score (nSPS) is 19.9. The number of thiocarbonyl (C=S) groups is 1. The first-order chi connectivity index (χ1) is 10.5.